The number of rotatable bonds is 20. The number of unbranched alkanes of at least 4 members (excludes halogenated alkanes) is 2. The molecule has 3 heteroatoms. The van der Waals surface area contributed by atoms with Gasteiger partial charge in [-0.1, -0.05) is 112 Å². The Bertz CT molecular complexity index is 339. The molecule has 1 nitrogen and oxygen atoms in total. The molecule has 4 atom stereocenters. The molecule has 0 heterocycles. The third kappa shape index (κ3) is 11.5. The van der Waals surface area contributed by atoms with E-state index in [1.807, 2.05) is 11.9 Å². The third-order valence-electron chi connectivity index (χ3n) is 7.35. The van der Waals surface area contributed by atoms with Crippen LogP contribution in [0.4, 0.5) is 0 Å². The van der Waals surface area contributed by atoms with E-state index in [2.05, 4.69) is 60.5 Å². The minimum absolute atomic E-state index is 0.552. The lowest BCUT2D eigenvalue weighted by Crippen LogP contribution is -2.36. The molecule has 0 aliphatic heterocycles. The molecule has 28 heavy (non-hydrogen) atoms. The summed E-state index contributed by atoms with van der Waals surface area (Å²) in [5.41, 5.74) is 0.552. The highest BCUT2D eigenvalue weighted by Gasteiger charge is 2.38. The van der Waals surface area contributed by atoms with Gasteiger partial charge in [0.1, 0.15) is 7.28 Å². The van der Waals surface area contributed by atoms with Crippen LogP contribution in [0.25, 0.3) is 0 Å². The van der Waals surface area contributed by atoms with Crippen molar-refractivity contribution in [2.75, 3.05) is 12.3 Å². The third-order valence-corrected chi connectivity index (χ3v) is 8.19. The fourth-order valence-corrected chi connectivity index (χ4v) is 5.58. The van der Waals surface area contributed by atoms with Crippen LogP contribution in [-0.2, 0) is 0 Å². The molecule has 167 valence electrons. The van der Waals surface area contributed by atoms with Gasteiger partial charge in [-0.15, -0.1) is 0 Å². The SMILES string of the molecule is CC[B]CCC(C)C(CCCC)(CCCCNSCCC(C)CC)C(C)CC. The van der Waals surface area contributed by atoms with E-state index in [0.29, 0.717) is 5.41 Å². The van der Waals surface area contributed by atoms with Crippen molar-refractivity contribution in [3.63, 3.8) is 0 Å². The maximum atomic E-state index is 3.62. The quantitative estimate of drug-likeness (QED) is 0.122. The molecule has 0 fully saturated rings. The van der Waals surface area contributed by atoms with Gasteiger partial charge in [0.25, 0.3) is 0 Å². The van der Waals surface area contributed by atoms with Gasteiger partial charge < -0.3 is 0 Å². The van der Waals surface area contributed by atoms with Crippen molar-refractivity contribution in [1.82, 2.24) is 4.72 Å². The monoisotopic (exact) mass is 410 g/mol. The minimum Gasteiger partial charge on any atom is -0.264 e. The molecule has 0 aromatic carbocycles. The van der Waals surface area contributed by atoms with Crippen LogP contribution < -0.4 is 4.72 Å². The van der Waals surface area contributed by atoms with E-state index in [1.165, 1.54) is 89.1 Å². The molecule has 1 radical (unpaired) electrons. The van der Waals surface area contributed by atoms with Gasteiger partial charge in [0.15, 0.2) is 0 Å². The molecule has 0 amide bonds. The fraction of sp³-hybridized carbons (Fsp3) is 1.00. The zero-order chi connectivity index (χ0) is 21.3. The van der Waals surface area contributed by atoms with Crippen LogP contribution in [0.2, 0.25) is 12.6 Å². The van der Waals surface area contributed by atoms with E-state index in [-0.39, 0.29) is 0 Å². The van der Waals surface area contributed by atoms with Crippen LogP contribution in [0.1, 0.15) is 113 Å². The van der Waals surface area contributed by atoms with Crippen molar-refractivity contribution in [3.8, 4) is 0 Å². The van der Waals surface area contributed by atoms with Crippen molar-refractivity contribution in [1.29, 1.82) is 0 Å². The predicted octanol–water partition coefficient (Wildman–Crippen LogP) is 8.64. The van der Waals surface area contributed by atoms with Gasteiger partial charge in [0, 0.05) is 12.3 Å². The van der Waals surface area contributed by atoms with Gasteiger partial charge in [0.05, 0.1) is 0 Å². The molecule has 0 saturated carbocycles. The average molecular weight is 411 g/mol. The summed E-state index contributed by atoms with van der Waals surface area (Å²) in [5, 5.41) is 0. The molecule has 0 spiro atoms. The molecular weight excluding hydrogens is 357 g/mol. The van der Waals surface area contributed by atoms with Crippen molar-refractivity contribution in [2.45, 2.75) is 125 Å². The first-order chi connectivity index (χ1) is 13.5. The Morgan fingerprint density at radius 2 is 1.57 bits per heavy atom. The van der Waals surface area contributed by atoms with E-state index in [0.717, 1.165) is 17.8 Å². The first-order valence-electron chi connectivity index (χ1n) is 12.6. The lowest BCUT2D eigenvalue weighted by atomic mass is 9.58. The molecule has 0 aromatic rings. The smallest absolute Gasteiger partial charge is 0.109 e. The molecule has 0 aliphatic carbocycles. The highest BCUT2D eigenvalue weighted by Crippen LogP contribution is 2.48. The van der Waals surface area contributed by atoms with Crippen LogP contribution in [0.15, 0.2) is 0 Å². The summed E-state index contributed by atoms with van der Waals surface area (Å²) in [6.45, 7) is 18.0. The van der Waals surface area contributed by atoms with Crippen LogP contribution in [0, 0.1) is 23.2 Å². The Morgan fingerprint density at radius 3 is 2.18 bits per heavy atom. The maximum Gasteiger partial charge on any atom is 0.109 e. The Balaban J connectivity index is 4.53. The van der Waals surface area contributed by atoms with E-state index >= 15 is 0 Å². The molecule has 4 unspecified atom stereocenters. The number of hydrogen-bond donors (Lipinski definition) is 1. The standard InChI is InChI=1S/C25H53BNS/c1-8-12-17-25(23(6)10-3,24(7)15-19-26-11-4)18-13-14-20-27-28-21-16-22(5)9-2/h22-24,27H,8-21H2,1-7H3. The van der Waals surface area contributed by atoms with Crippen LogP contribution >= 0.6 is 11.9 Å². The summed E-state index contributed by atoms with van der Waals surface area (Å²) < 4.78 is 3.62. The second-order valence-electron chi connectivity index (χ2n) is 9.32. The van der Waals surface area contributed by atoms with Crippen LogP contribution in [-0.4, -0.2) is 19.6 Å². The molecule has 0 rings (SSSR count). The predicted molar refractivity (Wildman–Crippen MR) is 135 cm³/mol. The summed E-state index contributed by atoms with van der Waals surface area (Å²) in [6.07, 6.45) is 16.2. The number of hydrogen-bond acceptors (Lipinski definition) is 2. The van der Waals surface area contributed by atoms with Gasteiger partial charge in [-0.05, 0) is 48.9 Å². The highest BCUT2D eigenvalue weighted by atomic mass is 32.2. The van der Waals surface area contributed by atoms with Gasteiger partial charge in [0.2, 0.25) is 0 Å². The summed E-state index contributed by atoms with van der Waals surface area (Å²) in [4.78, 5) is 0. The van der Waals surface area contributed by atoms with Crippen molar-refractivity contribution >= 4 is 19.2 Å². The molecular formula is C25H53BNS. The Hall–Kier alpha value is 0.375. The Kier molecular flexibility index (Phi) is 18.4. The summed E-state index contributed by atoms with van der Waals surface area (Å²) in [7, 11) is 2.48. The zero-order valence-corrected chi connectivity index (χ0v) is 21.4. The summed E-state index contributed by atoms with van der Waals surface area (Å²) >= 11 is 1.95. The van der Waals surface area contributed by atoms with Crippen molar-refractivity contribution < 1.29 is 0 Å². The zero-order valence-electron chi connectivity index (χ0n) is 20.6. The topological polar surface area (TPSA) is 12.0 Å². The van der Waals surface area contributed by atoms with Gasteiger partial charge in [-0.25, -0.2) is 0 Å². The van der Waals surface area contributed by atoms with E-state index in [9.17, 15) is 0 Å². The van der Waals surface area contributed by atoms with E-state index in [1.54, 1.807) is 0 Å². The van der Waals surface area contributed by atoms with E-state index in [4.69, 9.17) is 0 Å². The largest absolute Gasteiger partial charge is 0.264 e. The molecule has 0 aromatic heterocycles. The Labute approximate surface area is 184 Å². The van der Waals surface area contributed by atoms with Crippen molar-refractivity contribution in [2.24, 2.45) is 23.2 Å². The molecule has 0 aliphatic rings. The Morgan fingerprint density at radius 1 is 0.857 bits per heavy atom. The molecule has 0 bridgehead atoms. The van der Waals surface area contributed by atoms with Crippen LogP contribution in [0.5, 0.6) is 0 Å². The first-order valence-corrected chi connectivity index (χ1v) is 13.6. The summed E-state index contributed by atoms with van der Waals surface area (Å²) in [5.74, 6) is 3.81. The first kappa shape index (κ1) is 28.4. The average Bonchev–Trinajstić information content (AvgIpc) is 2.71. The fourth-order valence-electron chi connectivity index (χ4n) is 4.63. The normalized spacial score (nSPS) is 17.1. The minimum atomic E-state index is 0.552. The molecule has 1 N–H and O–H groups in total. The van der Waals surface area contributed by atoms with Crippen molar-refractivity contribution in [3.05, 3.63) is 0 Å². The second kappa shape index (κ2) is 18.2. The van der Waals surface area contributed by atoms with E-state index < -0.39 is 0 Å². The second-order valence-corrected chi connectivity index (χ2v) is 10.3. The van der Waals surface area contributed by atoms with Gasteiger partial charge >= 0.3 is 0 Å². The molecule has 0 saturated heterocycles. The lowest BCUT2D eigenvalue weighted by molar-refractivity contribution is 0.0540. The van der Waals surface area contributed by atoms with Gasteiger partial charge in [-0.2, -0.15) is 0 Å². The number of nitrogens with one attached hydrogen (secondary N) is 1. The lowest BCUT2D eigenvalue weighted by Gasteiger charge is -2.45. The summed E-state index contributed by atoms with van der Waals surface area (Å²) in [6, 6.07) is 0. The highest BCUT2D eigenvalue weighted by molar-refractivity contribution is 7.97. The van der Waals surface area contributed by atoms with Gasteiger partial charge in [-0.3, -0.25) is 4.72 Å². The van der Waals surface area contributed by atoms with Crippen LogP contribution in [0.3, 0.4) is 0 Å². The maximum absolute atomic E-state index is 3.62.